The number of amides is 3. The summed E-state index contributed by atoms with van der Waals surface area (Å²) in [7, 11) is 2.35. The van der Waals surface area contributed by atoms with Gasteiger partial charge >= 0.3 is 11.9 Å². The Balaban J connectivity index is 1.53. The van der Waals surface area contributed by atoms with Crippen molar-refractivity contribution >= 4 is 52.6 Å². The standard InChI is InChI=1S/C24H24ClN5O7/c1-36-22(34)11-6-12(23(35)37-2)8-15(7-11)26-20(32)16-10-17(31)28-19-18(16)21(33)30-24(29-19)27-14-5-3-4-13(25)9-14/h3-9,16,18-19,24,27,29H,10H2,1-2H3,(H,26,32)(H,28,31)(H,30,33). The van der Waals surface area contributed by atoms with Crippen LogP contribution in [0.3, 0.4) is 0 Å². The van der Waals surface area contributed by atoms with Crippen LogP contribution < -0.4 is 26.6 Å². The summed E-state index contributed by atoms with van der Waals surface area (Å²) < 4.78 is 9.42. The van der Waals surface area contributed by atoms with E-state index in [-0.39, 0.29) is 23.2 Å². The van der Waals surface area contributed by atoms with Crippen LogP contribution in [0.2, 0.25) is 5.02 Å². The molecule has 4 unspecified atom stereocenters. The van der Waals surface area contributed by atoms with Crippen LogP contribution in [-0.2, 0) is 23.9 Å². The molecule has 0 aliphatic carbocycles. The first kappa shape index (κ1) is 25.9. The van der Waals surface area contributed by atoms with Crippen molar-refractivity contribution in [2.45, 2.75) is 18.9 Å². The number of benzene rings is 2. The molecule has 2 aromatic rings. The topological polar surface area (TPSA) is 164 Å². The van der Waals surface area contributed by atoms with Gasteiger partial charge in [-0.05, 0) is 36.4 Å². The van der Waals surface area contributed by atoms with Crippen molar-refractivity contribution in [3.8, 4) is 0 Å². The van der Waals surface area contributed by atoms with Crippen molar-refractivity contribution in [3.05, 3.63) is 58.6 Å². The zero-order valence-corrected chi connectivity index (χ0v) is 20.5. The van der Waals surface area contributed by atoms with Gasteiger partial charge in [-0.15, -0.1) is 0 Å². The zero-order chi connectivity index (χ0) is 26.7. The molecule has 3 amide bonds. The molecule has 2 aromatic carbocycles. The molecule has 0 saturated carbocycles. The lowest BCUT2D eigenvalue weighted by molar-refractivity contribution is -0.144. The number of carbonyl (C=O) groups is 5. The number of nitrogens with one attached hydrogen (secondary N) is 5. The largest absolute Gasteiger partial charge is 0.465 e. The molecule has 2 fully saturated rings. The summed E-state index contributed by atoms with van der Waals surface area (Å²) in [5.74, 6) is -4.95. The molecule has 4 rings (SSSR count). The molecule has 2 aliphatic rings. The molecule has 2 heterocycles. The van der Waals surface area contributed by atoms with Crippen LogP contribution in [0.1, 0.15) is 27.1 Å². The van der Waals surface area contributed by atoms with Crippen LogP contribution in [0.4, 0.5) is 11.4 Å². The summed E-state index contributed by atoms with van der Waals surface area (Å²) in [6.07, 6.45) is -1.82. The molecule has 13 heteroatoms. The summed E-state index contributed by atoms with van der Waals surface area (Å²) in [5, 5.41) is 14.7. The number of rotatable bonds is 6. The Morgan fingerprint density at radius 2 is 1.62 bits per heavy atom. The van der Waals surface area contributed by atoms with E-state index in [1.54, 1.807) is 24.3 Å². The third-order valence-corrected chi connectivity index (χ3v) is 6.20. The predicted octanol–water partition coefficient (Wildman–Crippen LogP) is 1.05. The SMILES string of the molecule is COC(=O)c1cc(NC(=O)C2CC(=O)NC3NC(Nc4cccc(Cl)c4)NC(=O)C32)cc(C(=O)OC)c1. The highest BCUT2D eigenvalue weighted by molar-refractivity contribution is 6.30. The van der Waals surface area contributed by atoms with E-state index < -0.39 is 54.0 Å². The van der Waals surface area contributed by atoms with Gasteiger partial charge in [-0.3, -0.25) is 19.7 Å². The van der Waals surface area contributed by atoms with Gasteiger partial charge in [0.2, 0.25) is 17.7 Å². The van der Waals surface area contributed by atoms with E-state index in [4.69, 9.17) is 21.1 Å². The van der Waals surface area contributed by atoms with Crippen molar-refractivity contribution in [2.75, 3.05) is 24.9 Å². The van der Waals surface area contributed by atoms with Crippen molar-refractivity contribution in [1.82, 2.24) is 16.0 Å². The van der Waals surface area contributed by atoms with E-state index in [0.717, 1.165) is 0 Å². The quantitative estimate of drug-likeness (QED) is 0.344. The highest BCUT2D eigenvalue weighted by Gasteiger charge is 2.48. The molecule has 37 heavy (non-hydrogen) atoms. The van der Waals surface area contributed by atoms with E-state index in [0.29, 0.717) is 10.7 Å². The van der Waals surface area contributed by atoms with Gasteiger partial charge in [-0.25, -0.2) is 9.59 Å². The second-order valence-corrected chi connectivity index (χ2v) is 8.85. The first-order chi connectivity index (χ1) is 17.7. The number of ether oxygens (including phenoxy) is 2. The van der Waals surface area contributed by atoms with Crippen LogP contribution in [-0.4, -0.2) is 56.3 Å². The van der Waals surface area contributed by atoms with Gasteiger partial charge in [-0.2, -0.15) is 0 Å². The smallest absolute Gasteiger partial charge is 0.337 e. The van der Waals surface area contributed by atoms with Crippen LogP contribution in [0.15, 0.2) is 42.5 Å². The lowest BCUT2D eigenvalue weighted by Gasteiger charge is -2.43. The van der Waals surface area contributed by atoms with Gasteiger partial charge in [0.1, 0.15) is 0 Å². The first-order valence-electron chi connectivity index (χ1n) is 11.2. The molecule has 194 valence electrons. The van der Waals surface area contributed by atoms with Crippen LogP contribution >= 0.6 is 11.6 Å². The second-order valence-electron chi connectivity index (χ2n) is 8.42. The summed E-state index contributed by atoms with van der Waals surface area (Å²) in [6.45, 7) is 0. The summed E-state index contributed by atoms with van der Waals surface area (Å²) in [4.78, 5) is 62.9. The van der Waals surface area contributed by atoms with Crippen molar-refractivity contribution in [1.29, 1.82) is 0 Å². The van der Waals surface area contributed by atoms with Gasteiger partial charge in [0.05, 0.1) is 43.3 Å². The van der Waals surface area contributed by atoms with E-state index in [9.17, 15) is 24.0 Å². The summed E-state index contributed by atoms with van der Waals surface area (Å²) in [6, 6.07) is 10.8. The Hall–Kier alpha value is -4.16. The number of fused-ring (bicyclic) bond motifs is 1. The number of hydrogen-bond acceptors (Lipinski definition) is 9. The molecule has 2 saturated heterocycles. The molecule has 0 spiro atoms. The number of piperidine rings is 1. The Morgan fingerprint density at radius 1 is 0.946 bits per heavy atom. The third-order valence-electron chi connectivity index (χ3n) is 5.97. The fourth-order valence-corrected chi connectivity index (χ4v) is 4.50. The fourth-order valence-electron chi connectivity index (χ4n) is 4.30. The Kier molecular flexibility index (Phi) is 7.60. The lowest BCUT2D eigenvalue weighted by atomic mass is 9.81. The zero-order valence-electron chi connectivity index (χ0n) is 19.8. The maximum atomic E-state index is 13.3. The third kappa shape index (κ3) is 5.81. The van der Waals surface area contributed by atoms with Crippen molar-refractivity contribution in [2.24, 2.45) is 11.8 Å². The van der Waals surface area contributed by atoms with E-state index in [2.05, 4.69) is 26.6 Å². The average Bonchev–Trinajstić information content (AvgIpc) is 2.86. The monoisotopic (exact) mass is 529 g/mol. The molecular formula is C24H24ClN5O7. The summed E-state index contributed by atoms with van der Waals surface area (Å²) >= 11 is 6.01. The highest BCUT2D eigenvalue weighted by Crippen LogP contribution is 2.29. The highest BCUT2D eigenvalue weighted by atomic mass is 35.5. The maximum Gasteiger partial charge on any atom is 0.337 e. The first-order valence-corrected chi connectivity index (χ1v) is 11.6. The molecule has 12 nitrogen and oxygen atoms in total. The number of carbonyl (C=O) groups excluding carboxylic acids is 5. The Labute approximate surface area is 216 Å². The summed E-state index contributed by atoms with van der Waals surface area (Å²) in [5.41, 5.74) is 0.742. The van der Waals surface area contributed by atoms with Gasteiger partial charge in [0.15, 0.2) is 6.29 Å². The van der Waals surface area contributed by atoms with Crippen LogP contribution in [0.25, 0.3) is 0 Å². The molecule has 0 bridgehead atoms. The molecule has 5 N–H and O–H groups in total. The van der Waals surface area contributed by atoms with Gasteiger partial charge in [0, 0.05) is 22.8 Å². The van der Waals surface area contributed by atoms with E-state index in [1.165, 1.54) is 32.4 Å². The Morgan fingerprint density at radius 3 is 2.24 bits per heavy atom. The fraction of sp³-hybridized carbons (Fsp3) is 0.292. The molecule has 0 radical (unpaired) electrons. The minimum atomic E-state index is -1.04. The van der Waals surface area contributed by atoms with Gasteiger partial charge < -0.3 is 30.7 Å². The van der Waals surface area contributed by atoms with Gasteiger partial charge in [-0.1, -0.05) is 17.7 Å². The van der Waals surface area contributed by atoms with Crippen molar-refractivity contribution < 1.29 is 33.4 Å². The van der Waals surface area contributed by atoms with E-state index >= 15 is 0 Å². The number of anilines is 2. The van der Waals surface area contributed by atoms with Crippen LogP contribution in [0, 0.1) is 11.8 Å². The Bertz CT molecular complexity index is 1240. The minimum absolute atomic E-state index is 0.00646. The second kappa shape index (κ2) is 10.8. The van der Waals surface area contributed by atoms with E-state index in [1.807, 2.05) is 0 Å². The predicted molar refractivity (Wildman–Crippen MR) is 131 cm³/mol. The normalized spacial score (nSPS) is 22.6. The molecule has 4 atom stereocenters. The van der Waals surface area contributed by atoms with Crippen LogP contribution in [0.5, 0.6) is 0 Å². The maximum absolute atomic E-state index is 13.3. The minimum Gasteiger partial charge on any atom is -0.465 e. The van der Waals surface area contributed by atoms with Crippen molar-refractivity contribution in [3.63, 3.8) is 0 Å². The number of methoxy groups -OCH3 is 2. The molecule has 2 aliphatic heterocycles. The number of esters is 2. The van der Waals surface area contributed by atoms with Gasteiger partial charge in [0.25, 0.3) is 0 Å². The lowest BCUT2D eigenvalue weighted by Crippen LogP contribution is -2.72. The molecule has 0 aromatic heterocycles. The molecular weight excluding hydrogens is 506 g/mol. The average molecular weight is 530 g/mol. The number of hydrogen-bond donors (Lipinski definition) is 5. The number of halogens is 1.